The smallest absolute Gasteiger partial charge is 0.264 e. The number of carbonyl (C=O) groups is 1. The third kappa shape index (κ3) is 4.97. The quantitative estimate of drug-likeness (QED) is 0.581. The zero-order chi connectivity index (χ0) is 21.7. The Balaban J connectivity index is 1.43. The molecule has 0 fully saturated rings. The van der Waals surface area contributed by atoms with Crippen molar-refractivity contribution in [3.8, 4) is 0 Å². The fourth-order valence-corrected chi connectivity index (χ4v) is 5.49. The molecule has 160 valence electrons. The molecule has 0 unspecified atom stereocenters. The first-order valence-corrected chi connectivity index (χ1v) is 12.0. The SMILES string of the molecule is O=C(CCCc1ccccc1)Nc1ccc2c(c1)CCCN2S(=O)(=O)c1ccccc1. The summed E-state index contributed by atoms with van der Waals surface area (Å²) in [7, 11) is -3.60. The summed E-state index contributed by atoms with van der Waals surface area (Å²) >= 11 is 0. The van der Waals surface area contributed by atoms with Gasteiger partial charge in [0.2, 0.25) is 5.91 Å². The van der Waals surface area contributed by atoms with Gasteiger partial charge in [0.1, 0.15) is 0 Å². The predicted octanol–water partition coefficient (Wildman–Crippen LogP) is 4.79. The monoisotopic (exact) mass is 434 g/mol. The van der Waals surface area contributed by atoms with Crippen LogP contribution in [0.4, 0.5) is 11.4 Å². The van der Waals surface area contributed by atoms with Gasteiger partial charge in [0.05, 0.1) is 10.6 Å². The molecule has 3 aromatic rings. The lowest BCUT2D eigenvalue weighted by molar-refractivity contribution is -0.116. The number of hydrogen-bond acceptors (Lipinski definition) is 3. The molecule has 1 heterocycles. The van der Waals surface area contributed by atoms with Crippen LogP contribution in [0.15, 0.2) is 83.8 Å². The number of hydrogen-bond donors (Lipinski definition) is 1. The third-order valence-electron chi connectivity index (χ3n) is 5.48. The first-order valence-electron chi connectivity index (χ1n) is 10.6. The Morgan fingerprint density at radius 2 is 1.65 bits per heavy atom. The van der Waals surface area contributed by atoms with Crippen molar-refractivity contribution in [1.82, 2.24) is 0 Å². The maximum atomic E-state index is 13.1. The molecular formula is C25H26N2O3S. The molecule has 4 rings (SSSR count). The van der Waals surface area contributed by atoms with Crippen molar-refractivity contribution < 1.29 is 13.2 Å². The standard InChI is InChI=1S/C25H26N2O3S/c28-25(15-7-11-20-9-3-1-4-10-20)26-22-16-17-24-21(19-22)12-8-18-27(24)31(29,30)23-13-5-2-6-14-23/h1-6,9-10,13-14,16-17,19H,7-8,11-12,15,18H2,(H,26,28). The second-order valence-electron chi connectivity index (χ2n) is 7.72. The zero-order valence-electron chi connectivity index (χ0n) is 17.3. The fourth-order valence-electron chi connectivity index (χ4n) is 3.93. The average molecular weight is 435 g/mol. The second kappa shape index (κ2) is 9.35. The first-order chi connectivity index (χ1) is 15.0. The highest BCUT2D eigenvalue weighted by molar-refractivity contribution is 7.92. The molecule has 1 N–H and O–H groups in total. The Kier molecular flexibility index (Phi) is 6.37. The molecule has 1 aliphatic heterocycles. The Morgan fingerprint density at radius 1 is 0.935 bits per heavy atom. The lowest BCUT2D eigenvalue weighted by Crippen LogP contribution is -2.35. The van der Waals surface area contributed by atoms with Crippen LogP contribution in [0.5, 0.6) is 0 Å². The van der Waals surface area contributed by atoms with Gasteiger partial charge in [0.15, 0.2) is 0 Å². The summed E-state index contributed by atoms with van der Waals surface area (Å²) in [5.74, 6) is -0.0274. The van der Waals surface area contributed by atoms with Gasteiger partial charge < -0.3 is 5.32 Å². The van der Waals surface area contributed by atoms with Crippen molar-refractivity contribution in [3.63, 3.8) is 0 Å². The van der Waals surface area contributed by atoms with Crippen molar-refractivity contribution in [3.05, 3.63) is 90.0 Å². The number of carbonyl (C=O) groups excluding carboxylic acids is 1. The molecule has 31 heavy (non-hydrogen) atoms. The Labute approximate surface area is 183 Å². The number of nitrogens with zero attached hydrogens (tertiary/aromatic N) is 1. The molecule has 5 nitrogen and oxygen atoms in total. The van der Waals surface area contributed by atoms with E-state index in [9.17, 15) is 13.2 Å². The Hall–Kier alpha value is -3.12. The van der Waals surface area contributed by atoms with Crippen molar-refractivity contribution in [2.24, 2.45) is 0 Å². The highest BCUT2D eigenvalue weighted by Crippen LogP contribution is 2.33. The van der Waals surface area contributed by atoms with E-state index in [2.05, 4.69) is 17.4 Å². The number of sulfonamides is 1. The molecule has 0 aliphatic carbocycles. The van der Waals surface area contributed by atoms with Gasteiger partial charge in [-0.05, 0) is 67.1 Å². The summed E-state index contributed by atoms with van der Waals surface area (Å²) in [5, 5.41) is 2.96. The van der Waals surface area contributed by atoms with Crippen LogP contribution in [0.25, 0.3) is 0 Å². The number of fused-ring (bicyclic) bond motifs is 1. The molecule has 1 aliphatic rings. The van der Waals surface area contributed by atoms with Crippen molar-refractivity contribution in [1.29, 1.82) is 0 Å². The number of aryl methyl sites for hydroxylation is 2. The van der Waals surface area contributed by atoms with Crippen LogP contribution < -0.4 is 9.62 Å². The lowest BCUT2D eigenvalue weighted by Gasteiger charge is -2.30. The number of amides is 1. The van der Waals surface area contributed by atoms with E-state index in [-0.39, 0.29) is 5.91 Å². The molecule has 0 atom stereocenters. The maximum Gasteiger partial charge on any atom is 0.264 e. The maximum absolute atomic E-state index is 13.1. The van der Waals surface area contributed by atoms with E-state index in [1.165, 1.54) is 9.87 Å². The van der Waals surface area contributed by atoms with Gasteiger partial charge in [-0.1, -0.05) is 48.5 Å². The van der Waals surface area contributed by atoms with Gasteiger partial charge in [-0.15, -0.1) is 0 Å². The molecule has 3 aromatic carbocycles. The van der Waals surface area contributed by atoms with Gasteiger partial charge in [-0.3, -0.25) is 9.10 Å². The lowest BCUT2D eigenvalue weighted by atomic mass is 10.0. The van der Waals surface area contributed by atoms with E-state index in [4.69, 9.17) is 0 Å². The number of anilines is 2. The molecule has 0 spiro atoms. The summed E-state index contributed by atoms with van der Waals surface area (Å²) in [4.78, 5) is 12.7. The van der Waals surface area contributed by atoms with Crippen LogP contribution in [0.3, 0.4) is 0 Å². The van der Waals surface area contributed by atoms with Crippen LogP contribution in [0.1, 0.15) is 30.4 Å². The van der Waals surface area contributed by atoms with Gasteiger partial charge >= 0.3 is 0 Å². The van der Waals surface area contributed by atoms with Crippen LogP contribution in [-0.4, -0.2) is 20.9 Å². The minimum absolute atomic E-state index is 0.0274. The predicted molar refractivity (Wildman–Crippen MR) is 124 cm³/mol. The summed E-state index contributed by atoms with van der Waals surface area (Å²) in [6.07, 6.45) is 3.62. The van der Waals surface area contributed by atoms with Crippen LogP contribution >= 0.6 is 0 Å². The van der Waals surface area contributed by atoms with E-state index < -0.39 is 10.0 Å². The average Bonchev–Trinajstić information content (AvgIpc) is 2.80. The normalized spacial score (nSPS) is 13.5. The topological polar surface area (TPSA) is 66.5 Å². The van der Waals surface area contributed by atoms with Crippen molar-refractivity contribution in [2.75, 3.05) is 16.2 Å². The summed E-state index contributed by atoms with van der Waals surface area (Å²) in [5.41, 5.74) is 3.57. The zero-order valence-corrected chi connectivity index (χ0v) is 18.1. The van der Waals surface area contributed by atoms with Gasteiger partial charge in [-0.25, -0.2) is 8.42 Å². The third-order valence-corrected chi connectivity index (χ3v) is 7.31. The molecule has 0 aromatic heterocycles. The molecule has 0 radical (unpaired) electrons. The minimum atomic E-state index is -3.60. The fraction of sp³-hybridized carbons (Fsp3) is 0.240. The van der Waals surface area contributed by atoms with Crippen LogP contribution in [-0.2, 0) is 27.7 Å². The van der Waals surface area contributed by atoms with Crippen molar-refractivity contribution in [2.45, 2.75) is 37.0 Å². The van der Waals surface area contributed by atoms with Gasteiger partial charge in [0.25, 0.3) is 10.0 Å². The van der Waals surface area contributed by atoms with Gasteiger partial charge in [0, 0.05) is 18.7 Å². The number of nitrogens with one attached hydrogen (secondary N) is 1. The van der Waals surface area contributed by atoms with E-state index in [1.54, 1.807) is 42.5 Å². The largest absolute Gasteiger partial charge is 0.326 e. The second-order valence-corrected chi connectivity index (χ2v) is 9.59. The van der Waals surface area contributed by atoms with Crippen LogP contribution in [0, 0.1) is 0 Å². The van der Waals surface area contributed by atoms with E-state index >= 15 is 0 Å². The molecule has 0 bridgehead atoms. The Bertz CT molecular complexity index is 1150. The number of benzene rings is 3. The molecule has 0 saturated heterocycles. The number of rotatable bonds is 7. The van der Waals surface area contributed by atoms with Gasteiger partial charge in [-0.2, -0.15) is 0 Å². The highest BCUT2D eigenvalue weighted by Gasteiger charge is 2.29. The van der Waals surface area contributed by atoms with E-state index in [0.717, 1.165) is 31.2 Å². The van der Waals surface area contributed by atoms with Crippen molar-refractivity contribution >= 4 is 27.3 Å². The molecule has 1 amide bonds. The summed E-state index contributed by atoms with van der Waals surface area (Å²) < 4.78 is 27.7. The first kappa shape index (κ1) is 21.1. The van der Waals surface area contributed by atoms with E-state index in [0.29, 0.717) is 29.2 Å². The minimum Gasteiger partial charge on any atom is -0.326 e. The van der Waals surface area contributed by atoms with E-state index in [1.807, 2.05) is 24.3 Å². The summed E-state index contributed by atoms with van der Waals surface area (Å²) in [6, 6.07) is 24.1. The molecule has 0 saturated carbocycles. The molecular weight excluding hydrogens is 408 g/mol. The highest BCUT2D eigenvalue weighted by atomic mass is 32.2. The Morgan fingerprint density at radius 3 is 2.39 bits per heavy atom. The molecule has 6 heteroatoms. The summed E-state index contributed by atoms with van der Waals surface area (Å²) in [6.45, 7) is 0.454. The van der Waals surface area contributed by atoms with Crippen LogP contribution in [0.2, 0.25) is 0 Å².